The number of hydrogen-bond donors (Lipinski definition) is 0. The van der Waals surface area contributed by atoms with Crippen molar-refractivity contribution < 1.29 is 0 Å². The normalized spacial score (nSPS) is 20.1. The SMILES string of the molecule is C1=CC(C2=CCCC=N2)CC2=C1C1(c3ccc(-c4ccncc4)cc3S2)c2ccccc2Sc2ccccc21. The first kappa shape index (κ1) is 23.3. The van der Waals surface area contributed by atoms with Gasteiger partial charge in [-0.2, -0.15) is 0 Å². The van der Waals surface area contributed by atoms with Crippen LogP contribution in [-0.2, 0) is 5.41 Å². The number of nitrogens with zero attached hydrogens (tertiary/aromatic N) is 2. The topological polar surface area (TPSA) is 25.2 Å². The van der Waals surface area contributed by atoms with Crippen molar-refractivity contribution in [2.24, 2.45) is 10.9 Å². The van der Waals surface area contributed by atoms with Crippen LogP contribution in [0.3, 0.4) is 0 Å². The monoisotopic (exact) mass is 538 g/mol. The molecule has 0 fully saturated rings. The summed E-state index contributed by atoms with van der Waals surface area (Å²) in [5.74, 6) is 0.318. The average Bonchev–Trinajstić information content (AvgIpc) is 3.01. The highest BCUT2D eigenvalue weighted by Crippen LogP contribution is 2.63. The number of benzene rings is 3. The number of aromatic nitrogens is 1. The Morgan fingerprint density at radius 2 is 1.46 bits per heavy atom. The highest BCUT2D eigenvalue weighted by Gasteiger charge is 2.50. The minimum absolute atomic E-state index is 0.318. The molecule has 1 unspecified atom stereocenters. The molecule has 0 N–H and O–H groups in total. The maximum Gasteiger partial charge on any atom is 0.0741 e. The molecule has 0 saturated heterocycles. The molecule has 3 aliphatic heterocycles. The fraction of sp³-hybridized carbons (Fsp3) is 0.143. The third kappa shape index (κ3) is 3.58. The summed E-state index contributed by atoms with van der Waals surface area (Å²) >= 11 is 3.86. The summed E-state index contributed by atoms with van der Waals surface area (Å²) in [6.07, 6.45) is 16.1. The van der Waals surface area contributed by atoms with Crippen LogP contribution in [0.1, 0.15) is 36.0 Å². The molecule has 1 atom stereocenters. The molecular weight excluding hydrogens is 513 g/mol. The number of fused-ring (bicyclic) bond motifs is 7. The van der Waals surface area contributed by atoms with Gasteiger partial charge in [0.05, 0.1) is 5.41 Å². The summed E-state index contributed by atoms with van der Waals surface area (Å²) in [6.45, 7) is 0. The third-order valence-corrected chi connectivity index (χ3v) is 10.7. The number of rotatable bonds is 2. The first-order valence-corrected chi connectivity index (χ1v) is 15.2. The number of thioether (sulfide) groups is 1. The zero-order chi connectivity index (χ0) is 25.8. The van der Waals surface area contributed by atoms with Crippen molar-refractivity contribution in [2.75, 3.05) is 0 Å². The minimum atomic E-state index is -0.350. The van der Waals surface area contributed by atoms with Crippen molar-refractivity contribution in [2.45, 2.75) is 39.4 Å². The van der Waals surface area contributed by atoms with E-state index >= 15 is 0 Å². The molecule has 0 amide bonds. The highest BCUT2D eigenvalue weighted by molar-refractivity contribution is 8.03. The van der Waals surface area contributed by atoms with Crippen LogP contribution >= 0.6 is 23.5 Å². The Morgan fingerprint density at radius 3 is 2.21 bits per heavy atom. The van der Waals surface area contributed by atoms with Crippen LogP contribution < -0.4 is 0 Å². The van der Waals surface area contributed by atoms with Crippen molar-refractivity contribution >= 4 is 29.7 Å². The van der Waals surface area contributed by atoms with Crippen molar-refractivity contribution in [1.29, 1.82) is 0 Å². The van der Waals surface area contributed by atoms with E-state index in [-0.39, 0.29) is 5.41 Å². The van der Waals surface area contributed by atoms with Crippen LogP contribution in [0.2, 0.25) is 0 Å². The van der Waals surface area contributed by atoms with Gasteiger partial charge in [0, 0.05) is 44.9 Å². The first-order chi connectivity index (χ1) is 19.3. The van der Waals surface area contributed by atoms with Crippen LogP contribution in [0.4, 0.5) is 0 Å². The Labute approximate surface area is 237 Å². The molecule has 8 rings (SSSR count). The Balaban J connectivity index is 1.40. The fourth-order valence-corrected chi connectivity index (χ4v) is 9.15. The van der Waals surface area contributed by atoms with Gasteiger partial charge in [0.25, 0.3) is 0 Å². The molecule has 4 aromatic rings. The zero-order valence-electron chi connectivity index (χ0n) is 21.4. The van der Waals surface area contributed by atoms with Gasteiger partial charge in [-0.05, 0) is 87.9 Å². The second-order valence-electron chi connectivity index (χ2n) is 10.4. The smallest absolute Gasteiger partial charge is 0.0741 e. The summed E-state index contributed by atoms with van der Waals surface area (Å²) in [7, 11) is 0. The van der Waals surface area contributed by atoms with E-state index in [1.807, 2.05) is 35.9 Å². The summed E-state index contributed by atoms with van der Waals surface area (Å²) < 4.78 is 0. The maximum absolute atomic E-state index is 4.81. The van der Waals surface area contributed by atoms with E-state index in [0.29, 0.717) is 5.92 Å². The lowest BCUT2D eigenvalue weighted by atomic mass is 9.62. The largest absolute Gasteiger partial charge is 0.265 e. The molecule has 4 heterocycles. The zero-order valence-corrected chi connectivity index (χ0v) is 23.0. The lowest BCUT2D eigenvalue weighted by Crippen LogP contribution is -2.38. The summed E-state index contributed by atoms with van der Waals surface area (Å²) in [5.41, 5.74) is 8.87. The maximum atomic E-state index is 4.81. The third-order valence-electron chi connectivity index (χ3n) is 8.31. The predicted molar refractivity (Wildman–Crippen MR) is 163 cm³/mol. The molecule has 0 bridgehead atoms. The number of allylic oxidation sites excluding steroid dienone is 5. The Morgan fingerprint density at radius 1 is 0.718 bits per heavy atom. The van der Waals surface area contributed by atoms with Crippen LogP contribution in [-0.4, -0.2) is 11.2 Å². The van der Waals surface area contributed by atoms with Gasteiger partial charge in [-0.1, -0.05) is 90.3 Å². The van der Waals surface area contributed by atoms with E-state index in [2.05, 4.69) is 108 Å². The van der Waals surface area contributed by atoms with Gasteiger partial charge in [-0.25, -0.2) is 0 Å². The molecule has 0 radical (unpaired) electrons. The van der Waals surface area contributed by atoms with Gasteiger partial charge < -0.3 is 0 Å². The molecule has 4 heteroatoms. The molecule has 188 valence electrons. The average molecular weight is 539 g/mol. The van der Waals surface area contributed by atoms with Gasteiger partial charge in [0.1, 0.15) is 0 Å². The molecule has 3 aromatic carbocycles. The van der Waals surface area contributed by atoms with E-state index in [4.69, 9.17) is 4.99 Å². The molecule has 4 aliphatic rings. The van der Waals surface area contributed by atoms with E-state index in [1.54, 1.807) is 0 Å². The molecule has 1 aromatic heterocycles. The number of pyridine rings is 1. The second kappa shape index (κ2) is 9.25. The summed E-state index contributed by atoms with van der Waals surface area (Å²) in [4.78, 5) is 14.5. The summed E-state index contributed by atoms with van der Waals surface area (Å²) in [5, 5.41) is 0. The van der Waals surface area contributed by atoms with Crippen LogP contribution in [0.5, 0.6) is 0 Å². The molecule has 1 spiro atoms. The van der Waals surface area contributed by atoms with Crippen molar-refractivity contribution in [3.63, 3.8) is 0 Å². The number of aliphatic imine (C=N–C) groups is 1. The molecule has 39 heavy (non-hydrogen) atoms. The van der Waals surface area contributed by atoms with Crippen LogP contribution in [0.15, 0.2) is 145 Å². The van der Waals surface area contributed by atoms with Crippen LogP contribution in [0.25, 0.3) is 11.1 Å². The van der Waals surface area contributed by atoms with E-state index in [1.165, 1.54) is 58.7 Å². The van der Waals surface area contributed by atoms with Gasteiger partial charge >= 0.3 is 0 Å². The van der Waals surface area contributed by atoms with Crippen molar-refractivity contribution in [1.82, 2.24) is 4.98 Å². The predicted octanol–water partition coefficient (Wildman–Crippen LogP) is 9.23. The molecule has 2 nitrogen and oxygen atoms in total. The molecule has 1 aliphatic carbocycles. The first-order valence-electron chi connectivity index (χ1n) is 13.6. The van der Waals surface area contributed by atoms with E-state index < -0.39 is 0 Å². The van der Waals surface area contributed by atoms with Crippen LogP contribution in [0, 0.1) is 5.92 Å². The standard InChI is InChI=1S/C35H26N2S2/c1-3-10-31-26(7-1)35(27-8-2-4-11-32(27)38-31)28-14-12-24(23-16-19-36-20-17-23)21-33(28)39-34-22-25(13-15-29(34)35)30-9-5-6-18-37-30/h1-4,7-21,25H,5-6,22H2. The lowest BCUT2D eigenvalue weighted by molar-refractivity contribution is 0.646. The van der Waals surface area contributed by atoms with E-state index in [0.717, 1.165) is 19.3 Å². The Kier molecular flexibility index (Phi) is 5.53. The fourth-order valence-electron chi connectivity index (χ4n) is 6.59. The van der Waals surface area contributed by atoms with Crippen molar-refractivity contribution in [3.05, 3.63) is 142 Å². The Hall–Kier alpha value is -3.60. The minimum Gasteiger partial charge on any atom is -0.265 e. The van der Waals surface area contributed by atoms with Gasteiger partial charge in [0.2, 0.25) is 0 Å². The van der Waals surface area contributed by atoms with Gasteiger partial charge in [-0.3, -0.25) is 9.98 Å². The summed E-state index contributed by atoms with van der Waals surface area (Å²) in [6, 6.07) is 29.4. The van der Waals surface area contributed by atoms with Crippen molar-refractivity contribution in [3.8, 4) is 11.1 Å². The lowest BCUT2D eigenvalue weighted by Gasteiger charge is -2.47. The quantitative estimate of drug-likeness (QED) is 0.254. The molecule has 0 saturated carbocycles. The van der Waals surface area contributed by atoms with Gasteiger partial charge in [-0.15, -0.1) is 0 Å². The van der Waals surface area contributed by atoms with E-state index in [9.17, 15) is 0 Å². The molecular formula is C35H26N2S2. The number of hydrogen-bond acceptors (Lipinski definition) is 4. The Bertz CT molecular complexity index is 1700. The van der Waals surface area contributed by atoms with Gasteiger partial charge in [0.15, 0.2) is 0 Å². The second-order valence-corrected chi connectivity index (χ2v) is 12.6. The highest BCUT2D eigenvalue weighted by atomic mass is 32.2.